The van der Waals surface area contributed by atoms with Crippen LogP contribution in [0.3, 0.4) is 0 Å². The number of thiazole rings is 1. The third kappa shape index (κ3) is 5.07. The Labute approximate surface area is 168 Å². The molecule has 0 fully saturated rings. The van der Waals surface area contributed by atoms with Crippen molar-refractivity contribution in [1.29, 1.82) is 0 Å². The van der Waals surface area contributed by atoms with Crippen LogP contribution < -0.4 is 4.57 Å². The van der Waals surface area contributed by atoms with E-state index in [2.05, 4.69) is 80.5 Å². The van der Waals surface area contributed by atoms with Crippen LogP contribution in [0.1, 0.15) is 57.9 Å². The molecule has 0 amide bonds. The van der Waals surface area contributed by atoms with Gasteiger partial charge in [0.25, 0.3) is 5.01 Å². The van der Waals surface area contributed by atoms with Gasteiger partial charge in [-0.05, 0) is 41.9 Å². The van der Waals surface area contributed by atoms with Gasteiger partial charge < -0.3 is 0 Å². The van der Waals surface area contributed by atoms with Crippen molar-refractivity contribution in [1.82, 2.24) is 0 Å². The van der Waals surface area contributed by atoms with E-state index >= 15 is 0 Å². The molecule has 1 nitrogen and oxygen atoms in total. The van der Waals surface area contributed by atoms with Gasteiger partial charge in [-0.1, -0.05) is 81.5 Å². The average Bonchev–Trinajstić information content (AvgIpc) is 2.96. The lowest BCUT2D eigenvalue weighted by Crippen LogP contribution is -2.35. The standard InChI is InChI=1S/C25H32NS/c1-5-7-11-15-26-22-13-9-10-14-23(22)27-24(26)17-21-16-20(12-8-6-2)18-25(3,4)19-21/h6,8-10,12-14,16-17H,2,5,7,11,15,18-19H2,1,3-4H3/q+1/b12-8+,21-17-. The van der Waals surface area contributed by atoms with Gasteiger partial charge in [0.1, 0.15) is 4.70 Å². The number of para-hydroxylation sites is 1. The Hall–Kier alpha value is -1.93. The maximum atomic E-state index is 3.81. The van der Waals surface area contributed by atoms with E-state index in [-0.39, 0.29) is 0 Å². The molecule has 0 spiro atoms. The van der Waals surface area contributed by atoms with Crippen LogP contribution in [0, 0.1) is 5.41 Å². The number of rotatable bonds is 7. The highest BCUT2D eigenvalue weighted by molar-refractivity contribution is 7.18. The molecule has 1 aromatic heterocycles. The SMILES string of the molecule is C=C/C=C/C1=CC(=C/c2sc3ccccc3[n+]2CCCCC)/CC(C)(C)C1. The summed E-state index contributed by atoms with van der Waals surface area (Å²) in [5.41, 5.74) is 4.50. The molecule has 0 saturated carbocycles. The number of aryl methyl sites for hydroxylation is 1. The van der Waals surface area contributed by atoms with Gasteiger partial charge in [-0.3, -0.25) is 0 Å². The van der Waals surface area contributed by atoms with E-state index < -0.39 is 0 Å². The third-order valence-electron chi connectivity index (χ3n) is 5.11. The van der Waals surface area contributed by atoms with E-state index in [0.717, 1.165) is 19.4 Å². The number of nitrogens with zero attached hydrogens (tertiary/aromatic N) is 1. The van der Waals surface area contributed by atoms with Gasteiger partial charge in [0, 0.05) is 18.6 Å². The van der Waals surface area contributed by atoms with Gasteiger partial charge in [0.15, 0.2) is 6.54 Å². The van der Waals surface area contributed by atoms with Crippen LogP contribution in [0.4, 0.5) is 0 Å². The fourth-order valence-electron chi connectivity index (χ4n) is 3.97. The molecule has 0 N–H and O–H groups in total. The number of hydrogen-bond acceptors (Lipinski definition) is 1. The number of hydrogen-bond donors (Lipinski definition) is 0. The first-order valence-corrected chi connectivity index (χ1v) is 11.0. The fourth-order valence-corrected chi connectivity index (χ4v) is 5.13. The number of benzene rings is 1. The summed E-state index contributed by atoms with van der Waals surface area (Å²) >= 11 is 1.92. The molecule has 142 valence electrons. The van der Waals surface area contributed by atoms with Gasteiger partial charge in [0.05, 0.1) is 0 Å². The molecule has 0 aliphatic heterocycles. The maximum absolute atomic E-state index is 3.81. The Bertz CT molecular complexity index is 892. The summed E-state index contributed by atoms with van der Waals surface area (Å²) < 4.78 is 3.91. The van der Waals surface area contributed by atoms with Gasteiger partial charge in [-0.15, -0.1) is 0 Å². The summed E-state index contributed by atoms with van der Waals surface area (Å²) in [7, 11) is 0. The Morgan fingerprint density at radius 3 is 2.78 bits per heavy atom. The van der Waals surface area contributed by atoms with Crippen molar-refractivity contribution >= 4 is 27.6 Å². The van der Waals surface area contributed by atoms with Gasteiger partial charge in [-0.25, -0.2) is 0 Å². The highest BCUT2D eigenvalue weighted by Gasteiger charge is 2.26. The molecule has 2 aromatic rings. The molecule has 0 unspecified atom stereocenters. The minimum atomic E-state index is 0.297. The molecule has 2 heteroatoms. The summed E-state index contributed by atoms with van der Waals surface area (Å²) in [6.07, 6.45) is 17.0. The second-order valence-corrected chi connectivity index (χ2v) is 9.38. The quantitative estimate of drug-likeness (QED) is 0.271. The molecule has 1 aliphatic rings. The Morgan fingerprint density at radius 2 is 2.00 bits per heavy atom. The lowest BCUT2D eigenvalue weighted by Gasteiger charge is -2.30. The van der Waals surface area contributed by atoms with Crippen molar-refractivity contribution < 1.29 is 4.57 Å². The van der Waals surface area contributed by atoms with E-state index in [4.69, 9.17) is 0 Å². The van der Waals surface area contributed by atoms with Crippen molar-refractivity contribution in [3.63, 3.8) is 0 Å². The third-order valence-corrected chi connectivity index (χ3v) is 6.23. The van der Waals surface area contributed by atoms with Gasteiger partial charge in [0.2, 0.25) is 5.52 Å². The van der Waals surface area contributed by atoms with Crippen LogP contribution in [0.15, 0.2) is 66.3 Å². The lowest BCUT2D eigenvalue weighted by atomic mass is 9.75. The van der Waals surface area contributed by atoms with E-state index in [0.29, 0.717) is 5.41 Å². The zero-order chi connectivity index (χ0) is 19.3. The molecule has 3 rings (SSSR count). The van der Waals surface area contributed by atoms with Crippen LogP contribution >= 0.6 is 11.3 Å². The molecule has 1 aromatic carbocycles. The Kier molecular flexibility index (Phi) is 6.49. The first-order chi connectivity index (χ1) is 13.0. The molecular weight excluding hydrogens is 346 g/mol. The second kappa shape index (κ2) is 8.84. The van der Waals surface area contributed by atoms with Crippen molar-refractivity contribution in [3.05, 3.63) is 71.3 Å². The highest BCUT2D eigenvalue weighted by atomic mass is 32.1. The van der Waals surface area contributed by atoms with E-state index in [1.165, 1.54) is 45.6 Å². The van der Waals surface area contributed by atoms with Gasteiger partial charge in [-0.2, -0.15) is 4.57 Å². The number of fused-ring (bicyclic) bond motifs is 1. The van der Waals surface area contributed by atoms with Crippen molar-refractivity contribution in [2.24, 2.45) is 5.41 Å². The lowest BCUT2D eigenvalue weighted by molar-refractivity contribution is -0.669. The van der Waals surface area contributed by atoms with Crippen LogP contribution in [0.2, 0.25) is 0 Å². The van der Waals surface area contributed by atoms with Crippen molar-refractivity contribution in [2.45, 2.75) is 59.4 Å². The Balaban J connectivity index is 2.01. The molecule has 0 radical (unpaired) electrons. The first-order valence-electron chi connectivity index (χ1n) is 10.1. The molecule has 0 saturated heterocycles. The minimum Gasteiger partial charge on any atom is -0.182 e. The monoisotopic (exact) mass is 378 g/mol. The zero-order valence-electron chi connectivity index (χ0n) is 17.0. The average molecular weight is 379 g/mol. The van der Waals surface area contributed by atoms with E-state index in [1.54, 1.807) is 0 Å². The minimum absolute atomic E-state index is 0.297. The molecule has 1 heterocycles. The van der Waals surface area contributed by atoms with Crippen LogP contribution in [0.5, 0.6) is 0 Å². The topological polar surface area (TPSA) is 3.88 Å². The molecular formula is C25H32NS+. The van der Waals surface area contributed by atoms with Crippen LogP contribution in [-0.2, 0) is 6.54 Å². The maximum Gasteiger partial charge on any atom is 0.263 e. The predicted octanol–water partition coefficient (Wildman–Crippen LogP) is 7.25. The normalized spacial score (nSPS) is 18.3. The van der Waals surface area contributed by atoms with E-state index in [9.17, 15) is 0 Å². The Morgan fingerprint density at radius 1 is 1.19 bits per heavy atom. The molecule has 1 aliphatic carbocycles. The van der Waals surface area contributed by atoms with Crippen molar-refractivity contribution in [2.75, 3.05) is 0 Å². The highest BCUT2D eigenvalue weighted by Crippen LogP contribution is 2.39. The number of allylic oxidation sites excluding steroid dienone is 6. The summed E-state index contributed by atoms with van der Waals surface area (Å²) in [6, 6.07) is 8.81. The second-order valence-electron chi connectivity index (χ2n) is 8.32. The zero-order valence-corrected chi connectivity index (χ0v) is 17.8. The number of aromatic nitrogens is 1. The van der Waals surface area contributed by atoms with E-state index in [1.807, 2.05) is 17.4 Å². The summed E-state index contributed by atoms with van der Waals surface area (Å²) in [6.45, 7) is 11.9. The smallest absolute Gasteiger partial charge is 0.182 e. The molecule has 0 bridgehead atoms. The summed E-state index contributed by atoms with van der Waals surface area (Å²) in [5.74, 6) is 0. The van der Waals surface area contributed by atoms with Gasteiger partial charge >= 0.3 is 0 Å². The largest absolute Gasteiger partial charge is 0.263 e. The first kappa shape index (κ1) is 19.8. The molecule has 0 atom stereocenters. The van der Waals surface area contributed by atoms with Crippen LogP contribution in [0.25, 0.3) is 16.3 Å². The fraction of sp³-hybridized carbons (Fsp3) is 0.400. The molecule has 27 heavy (non-hydrogen) atoms. The van der Waals surface area contributed by atoms with Crippen LogP contribution in [-0.4, -0.2) is 0 Å². The summed E-state index contributed by atoms with van der Waals surface area (Å²) in [5, 5.41) is 1.38. The predicted molar refractivity (Wildman–Crippen MR) is 120 cm³/mol. The number of unbranched alkanes of at least 4 members (excludes halogenated alkanes) is 2. The summed E-state index contributed by atoms with van der Waals surface area (Å²) in [4.78, 5) is 0. The van der Waals surface area contributed by atoms with Crippen molar-refractivity contribution in [3.8, 4) is 0 Å².